The molecule has 0 aliphatic heterocycles. The Morgan fingerprint density at radius 1 is 0.700 bits per heavy atom. The van der Waals surface area contributed by atoms with Crippen molar-refractivity contribution in [3.05, 3.63) is 24.3 Å². The Morgan fingerprint density at radius 2 is 1.37 bits per heavy atom. The van der Waals surface area contributed by atoms with Crippen molar-refractivity contribution >= 4 is 31.9 Å². The zero-order valence-electron chi connectivity index (χ0n) is 17.1. The van der Waals surface area contributed by atoms with Gasteiger partial charge in [0.2, 0.25) is 5.82 Å². The molecule has 162 valence electrons. The highest BCUT2D eigenvalue weighted by molar-refractivity contribution is 9.09. The summed E-state index contributed by atoms with van der Waals surface area (Å²) in [5, 5.41) is 27.6. The molecule has 0 saturated heterocycles. The number of aryl methyl sites for hydroxylation is 2. The van der Waals surface area contributed by atoms with Crippen LogP contribution in [0.15, 0.2) is 24.3 Å². The Labute approximate surface area is 194 Å². The largest absolute Gasteiger partial charge is 0.225 e. The smallest absolute Gasteiger partial charge is 0.205 e. The maximum Gasteiger partial charge on any atom is 0.205 e. The van der Waals surface area contributed by atoms with E-state index in [1.165, 1.54) is 32.1 Å². The fourth-order valence-corrected chi connectivity index (χ4v) is 4.07. The molecule has 8 nitrogen and oxygen atoms in total. The van der Waals surface area contributed by atoms with E-state index >= 15 is 0 Å². The molecule has 10 heteroatoms. The van der Waals surface area contributed by atoms with Crippen molar-refractivity contribution in [1.82, 2.24) is 40.4 Å². The first kappa shape index (κ1) is 23.0. The van der Waals surface area contributed by atoms with E-state index < -0.39 is 0 Å². The summed E-state index contributed by atoms with van der Waals surface area (Å²) in [7, 11) is 0. The Morgan fingerprint density at radius 3 is 2.10 bits per heavy atom. The molecule has 0 radical (unpaired) electrons. The third-order valence-electron chi connectivity index (χ3n) is 4.89. The van der Waals surface area contributed by atoms with Crippen LogP contribution >= 0.6 is 31.9 Å². The van der Waals surface area contributed by atoms with Crippen molar-refractivity contribution in [2.24, 2.45) is 0 Å². The maximum absolute atomic E-state index is 4.60. The summed E-state index contributed by atoms with van der Waals surface area (Å²) in [6, 6.07) is 7.99. The van der Waals surface area contributed by atoms with E-state index in [1.807, 2.05) is 28.9 Å². The van der Waals surface area contributed by atoms with Crippen LogP contribution in [0.2, 0.25) is 0 Å². The number of nitrogens with zero attached hydrogens (tertiary/aromatic N) is 8. The van der Waals surface area contributed by atoms with E-state index in [0.29, 0.717) is 5.82 Å². The molecule has 2 heterocycles. The van der Waals surface area contributed by atoms with Gasteiger partial charge in [-0.25, -0.2) is 4.68 Å². The highest BCUT2D eigenvalue weighted by Crippen LogP contribution is 2.28. The molecule has 0 fully saturated rings. The summed E-state index contributed by atoms with van der Waals surface area (Å²) in [4.78, 5) is 1.69. The van der Waals surface area contributed by atoms with Crippen LogP contribution in [-0.4, -0.2) is 51.1 Å². The molecular formula is C20H28Br2N8. The van der Waals surface area contributed by atoms with Crippen LogP contribution in [0.1, 0.15) is 51.4 Å². The molecule has 0 atom stereocenters. The van der Waals surface area contributed by atoms with Crippen LogP contribution in [0.3, 0.4) is 0 Å². The van der Waals surface area contributed by atoms with Gasteiger partial charge in [0.25, 0.3) is 0 Å². The Balaban J connectivity index is 1.68. The van der Waals surface area contributed by atoms with E-state index in [-0.39, 0.29) is 0 Å². The SMILES string of the molecule is BrCCCCCCn1nnc(-c2ccccc2-c2nnnn2CCCCCCBr)n1. The number of rotatable bonds is 14. The summed E-state index contributed by atoms with van der Waals surface area (Å²) in [6.45, 7) is 1.58. The standard InChI is InChI=1S/C20H28Br2N8/c21-13-7-1-3-9-15-29-20(24-26-28-29)18-12-6-5-11-17(18)19-23-27-30(25-19)16-10-4-2-8-14-22/h5-6,11-12H,1-4,7-10,13-16H2. The van der Waals surface area contributed by atoms with Gasteiger partial charge in [-0.15, -0.1) is 15.3 Å². The Hall–Kier alpha value is -1.68. The van der Waals surface area contributed by atoms with Gasteiger partial charge in [0.15, 0.2) is 5.82 Å². The summed E-state index contributed by atoms with van der Waals surface area (Å²) < 4.78 is 1.88. The molecule has 3 aromatic rings. The van der Waals surface area contributed by atoms with Crippen LogP contribution in [0.25, 0.3) is 22.8 Å². The first-order chi connectivity index (χ1) is 14.8. The second-order valence-electron chi connectivity index (χ2n) is 7.19. The molecule has 0 amide bonds. The van der Waals surface area contributed by atoms with Crippen molar-refractivity contribution < 1.29 is 0 Å². The van der Waals surface area contributed by atoms with Crippen molar-refractivity contribution in [1.29, 1.82) is 0 Å². The minimum Gasteiger partial charge on any atom is -0.225 e. The lowest BCUT2D eigenvalue weighted by Gasteiger charge is -2.07. The maximum atomic E-state index is 4.60. The van der Waals surface area contributed by atoms with Gasteiger partial charge in [0.1, 0.15) is 0 Å². The van der Waals surface area contributed by atoms with Gasteiger partial charge in [-0.1, -0.05) is 81.8 Å². The Kier molecular flexibility index (Phi) is 9.88. The first-order valence-corrected chi connectivity index (χ1v) is 12.8. The van der Waals surface area contributed by atoms with Gasteiger partial charge < -0.3 is 0 Å². The van der Waals surface area contributed by atoms with Crippen LogP contribution < -0.4 is 0 Å². The average molecular weight is 540 g/mol. The van der Waals surface area contributed by atoms with E-state index in [4.69, 9.17) is 0 Å². The minimum atomic E-state index is 0.609. The normalized spacial score (nSPS) is 11.3. The lowest BCUT2D eigenvalue weighted by Crippen LogP contribution is -2.04. The predicted molar refractivity (Wildman–Crippen MR) is 125 cm³/mol. The molecule has 3 rings (SSSR count). The molecule has 2 aromatic heterocycles. The third kappa shape index (κ3) is 6.66. The van der Waals surface area contributed by atoms with E-state index in [2.05, 4.69) is 62.8 Å². The summed E-state index contributed by atoms with van der Waals surface area (Å²) in [5.41, 5.74) is 1.83. The molecular weight excluding hydrogens is 512 g/mol. The molecule has 1 aromatic carbocycles. The fraction of sp³-hybridized carbons (Fsp3) is 0.600. The van der Waals surface area contributed by atoms with E-state index in [0.717, 1.165) is 60.0 Å². The fourth-order valence-electron chi connectivity index (χ4n) is 3.28. The first-order valence-electron chi connectivity index (χ1n) is 10.6. The van der Waals surface area contributed by atoms with Crippen LogP contribution in [0.5, 0.6) is 0 Å². The van der Waals surface area contributed by atoms with Crippen molar-refractivity contribution in [2.45, 2.75) is 64.5 Å². The quantitative estimate of drug-likeness (QED) is 0.214. The Bertz CT molecular complexity index is 879. The van der Waals surface area contributed by atoms with Gasteiger partial charge in [0.05, 0.1) is 6.54 Å². The van der Waals surface area contributed by atoms with Crippen LogP contribution in [0.4, 0.5) is 0 Å². The monoisotopic (exact) mass is 538 g/mol. The topological polar surface area (TPSA) is 87.2 Å². The number of alkyl halides is 2. The molecule has 0 N–H and O–H groups in total. The average Bonchev–Trinajstić information content (AvgIpc) is 3.43. The van der Waals surface area contributed by atoms with Crippen LogP contribution in [0, 0.1) is 0 Å². The minimum absolute atomic E-state index is 0.609. The third-order valence-corrected chi connectivity index (χ3v) is 6.01. The summed E-state index contributed by atoms with van der Waals surface area (Å²) in [5.74, 6) is 1.36. The van der Waals surface area contributed by atoms with Crippen LogP contribution in [-0.2, 0) is 13.1 Å². The number of hydrogen-bond acceptors (Lipinski definition) is 6. The van der Waals surface area contributed by atoms with Gasteiger partial charge in [-0.3, -0.25) is 0 Å². The van der Waals surface area contributed by atoms with Crippen molar-refractivity contribution in [3.63, 3.8) is 0 Å². The van der Waals surface area contributed by atoms with E-state index in [1.54, 1.807) is 4.80 Å². The highest BCUT2D eigenvalue weighted by atomic mass is 79.9. The molecule has 0 aliphatic carbocycles. The predicted octanol–water partition coefficient (Wildman–Crippen LogP) is 4.90. The van der Waals surface area contributed by atoms with Gasteiger partial charge in [0, 0.05) is 28.3 Å². The molecule has 0 aliphatic rings. The molecule has 0 saturated carbocycles. The van der Waals surface area contributed by atoms with Crippen molar-refractivity contribution in [3.8, 4) is 22.8 Å². The lowest BCUT2D eigenvalue weighted by molar-refractivity contribution is 0.481. The van der Waals surface area contributed by atoms with E-state index in [9.17, 15) is 0 Å². The van der Waals surface area contributed by atoms with Gasteiger partial charge in [-0.2, -0.15) is 4.80 Å². The highest BCUT2D eigenvalue weighted by Gasteiger charge is 2.17. The summed E-state index contributed by atoms with van der Waals surface area (Å²) >= 11 is 6.95. The van der Waals surface area contributed by atoms with Gasteiger partial charge >= 0.3 is 0 Å². The molecule has 0 unspecified atom stereocenters. The second-order valence-corrected chi connectivity index (χ2v) is 8.77. The number of halogens is 2. The number of benzene rings is 1. The molecule has 0 spiro atoms. The molecule has 30 heavy (non-hydrogen) atoms. The lowest BCUT2D eigenvalue weighted by atomic mass is 10.1. The number of hydrogen-bond donors (Lipinski definition) is 0. The zero-order valence-corrected chi connectivity index (χ0v) is 20.3. The van der Waals surface area contributed by atoms with Gasteiger partial charge in [-0.05, 0) is 41.3 Å². The number of aromatic nitrogens is 8. The molecule has 0 bridgehead atoms. The zero-order chi connectivity index (χ0) is 21.0. The second kappa shape index (κ2) is 12.9. The summed E-state index contributed by atoms with van der Waals surface area (Å²) in [6.07, 6.45) is 9.27. The number of unbranched alkanes of at least 4 members (excludes halogenated alkanes) is 6. The van der Waals surface area contributed by atoms with Crippen molar-refractivity contribution in [2.75, 3.05) is 10.7 Å². The number of tetrazole rings is 2.